The molecule has 164 valence electrons. The summed E-state index contributed by atoms with van der Waals surface area (Å²) in [5.41, 5.74) is 2.86. The second kappa shape index (κ2) is 12.6. The summed E-state index contributed by atoms with van der Waals surface area (Å²) in [6.45, 7) is 3.69. The van der Waals surface area contributed by atoms with Crippen molar-refractivity contribution in [2.75, 3.05) is 0 Å². The van der Waals surface area contributed by atoms with Gasteiger partial charge in [-0.25, -0.2) is 9.13 Å². The Morgan fingerprint density at radius 1 is 0.636 bits per heavy atom. The van der Waals surface area contributed by atoms with E-state index in [1.807, 2.05) is 97.3 Å². The minimum Gasteiger partial charge on any atom is -0.229 e. The standard InChI is InChI=1S/C26H25N6.W/c1-22-14-16-24(17-15-22)28-30-26-13-6-8-19-32(26)21-9-20-31-18-7-5-12-25(31)29-27-23-10-3-2-4-11-23;/h3-8,10-19H,9,20-21H2,1H3;/q+1;. The monoisotopic (exact) mass is 605 g/mol. The first-order chi connectivity index (χ1) is 15.8. The zero-order valence-electron chi connectivity index (χ0n) is 18.5. The van der Waals surface area contributed by atoms with Crippen molar-refractivity contribution in [1.82, 2.24) is 0 Å². The maximum atomic E-state index is 4.46. The molecule has 2 aromatic heterocycles. The topological polar surface area (TPSA) is 57.2 Å². The number of pyridine rings is 2. The molecule has 2 heterocycles. The molecular formula is C26H25N6W+. The maximum absolute atomic E-state index is 4.46. The van der Waals surface area contributed by atoms with Crippen LogP contribution in [-0.2, 0) is 34.2 Å². The molecule has 2 aromatic carbocycles. The van der Waals surface area contributed by atoms with Gasteiger partial charge in [0.2, 0.25) is 0 Å². The summed E-state index contributed by atoms with van der Waals surface area (Å²) in [4.78, 5) is 0. The van der Waals surface area contributed by atoms with Crippen LogP contribution in [0, 0.1) is 13.0 Å². The summed E-state index contributed by atoms with van der Waals surface area (Å²) >= 11 is 0. The zero-order chi connectivity index (χ0) is 22.0. The van der Waals surface area contributed by atoms with Gasteiger partial charge in [-0.05, 0) is 36.3 Å². The van der Waals surface area contributed by atoms with Crippen molar-refractivity contribution >= 4 is 23.0 Å². The molecule has 0 saturated carbocycles. The summed E-state index contributed by atoms with van der Waals surface area (Å²) in [7, 11) is 0. The quantitative estimate of drug-likeness (QED) is 0.129. The molecule has 4 rings (SSSR count). The average molecular weight is 605 g/mol. The van der Waals surface area contributed by atoms with Crippen LogP contribution in [0.1, 0.15) is 12.0 Å². The van der Waals surface area contributed by atoms with Crippen LogP contribution in [0.15, 0.2) is 118 Å². The molecule has 33 heavy (non-hydrogen) atoms. The fraction of sp³-hybridized carbons (Fsp3) is 0.154. The molecule has 6 nitrogen and oxygen atoms in total. The van der Waals surface area contributed by atoms with Gasteiger partial charge in [-0.1, -0.05) is 34.9 Å². The van der Waals surface area contributed by atoms with Crippen molar-refractivity contribution in [3.63, 3.8) is 0 Å². The number of azo groups is 2. The van der Waals surface area contributed by atoms with Gasteiger partial charge in [0, 0.05) is 45.3 Å². The first kappa shape index (κ1) is 24.3. The molecule has 0 fully saturated rings. The third kappa shape index (κ3) is 7.33. The molecule has 0 aliphatic rings. The summed E-state index contributed by atoms with van der Waals surface area (Å²) in [6.07, 6.45) is 4.98. The largest absolute Gasteiger partial charge is 0.350 e. The van der Waals surface area contributed by atoms with Crippen LogP contribution in [0.2, 0.25) is 0 Å². The summed E-state index contributed by atoms with van der Waals surface area (Å²) in [5.74, 6) is 1.64. The van der Waals surface area contributed by atoms with Crippen LogP contribution in [0.3, 0.4) is 0 Å². The van der Waals surface area contributed by atoms with Gasteiger partial charge in [-0.3, -0.25) is 0 Å². The van der Waals surface area contributed by atoms with E-state index in [0.29, 0.717) is 0 Å². The molecule has 0 aliphatic carbocycles. The molecule has 0 N–H and O–H groups in total. The van der Waals surface area contributed by atoms with Crippen LogP contribution < -0.4 is 9.13 Å². The van der Waals surface area contributed by atoms with Gasteiger partial charge in [0.15, 0.2) is 0 Å². The molecule has 0 unspecified atom stereocenters. The minimum atomic E-state index is 0. The van der Waals surface area contributed by atoms with Crippen LogP contribution in [0.4, 0.5) is 23.0 Å². The van der Waals surface area contributed by atoms with Gasteiger partial charge < -0.3 is 0 Å². The Kier molecular flexibility index (Phi) is 9.28. The SMILES string of the molecule is Cc1ccc(N=Nc2cccc[n+]2CCC[n+]2ccccc2N=Nc2cc[c-]cc2)cc1.[W]. The first-order valence-electron chi connectivity index (χ1n) is 10.6. The molecule has 0 bridgehead atoms. The van der Waals surface area contributed by atoms with Gasteiger partial charge in [0.05, 0.1) is 35.7 Å². The van der Waals surface area contributed by atoms with E-state index in [1.54, 1.807) is 0 Å². The van der Waals surface area contributed by atoms with Crippen molar-refractivity contribution in [2.45, 2.75) is 26.4 Å². The van der Waals surface area contributed by atoms with E-state index in [1.165, 1.54) is 5.56 Å². The normalized spacial score (nSPS) is 11.1. The van der Waals surface area contributed by atoms with Crippen LogP contribution in [-0.4, -0.2) is 0 Å². The predicted molar refractivity (Wildman–Crippen MR) is 123 cm³/mol. The van der Waals surface area contributed by atoms with E-state index < -0.39 is 0 Å². The Hall–Kier alpha value is -3.37. The van der Waals surface area contributed by atoms with Gasteiger partial charge in [0.1, 0.15) is 5.69 Å². The first-order valence-corrected chi connectivity index (χ1v) is 10.6. The molecule has 4 aromatic rings. The zero-order valence-corrected chi connectivity index (χ0v) is 21.4. The van der Waals surface area contributed by atoms with Gasteiger partial charge in [-0.2, -0.15) is 18.2 Å². The number of nitrogens with zero attached hydrogens (tertiary/aromatic N) is 6. The number of aryl methyl sites for hydroxylation is 3. The molecule has 0 saturated heterocycles. The van der Waals surface area contributed by atoms with E-state index in [9.17, 15) is 0 Å². The van der Waals surface area contributed by atoms with Crippen molar-refractivity contribution in [1.29, 1.82) is 0 Å². The van der Waals surface area contributed by atoms with E-state index in [0.717, 1.165) is 42.5 Å². The molecular weight excluding hydrogens is 580 g/mol. The predicted octanol–water partition coefficient (Wildman–Crippen LogP) is 6.29. The fourth-order valence-corrected chi connectivity index (χ4v) is 3.18. The van der Waals surface area contributed by atoms with E-state index in [-0.39, 0.29) is 21.1 Å². The smallest absolute Gasteiger partial charge is 0.229 e. The Morgan fingerprint density at radius 3 is 1.70 bits per heavy atom. The molecule has 0 aliphatic heterocycles. The molecule has 7 heteroatoms. The molecule has 0 radical (unpaired) electrons. The van der Waals surface area contributed by atoms with E-state index >= 15 is 0 Å². The van der Waals surface area contributed by atoms with Crippen molar-refractivity contribution < 1.29 is 30.2 Å². The Balaban J connectivity index is 0.00000306. The van der Waals surface area contributed by atoms with Gasteiger partial charge >= 0.3 is 11.6 Å². The Bertz CT molecular complexity index is 1210. The number of rotatable bonds is 8. The maximum Gasteiger partial charge on any atom is 0.350 e. The van der Waals surface area contributed by atoms with Crippen LogP contribution in [0.25, 0.3) is 0 Å². The van der Waals surface area contributed by atoms with E-state index in [4.69, 9.17) is 0 Å². The molecule has 0 spiro atoms. The molecule has 0 amide bonds. The Labute approximate surface area is 208 Å². The fourth-order valence-electron chi connectivity index (χ4n) is 3.18. The third-order valence-electron chi connectivity index (χ3n) is 4.90. The average Bonchev–Trinajstić information content (AvgIpc) is 2.84. The van der Waals surface area contributed by atoms with Gasteiger partial charge in [-0.15, -0.1) is 12.1 Å². The van der Waals surface area contributed by atoms with Crippen molar-refractivity contribution in [2.24, 2.45) is 20.5 Å². The number of aromatic nitrogens is 2. The van der Waals surface area contributed by atoms with Crippen LogP contribution >= 0.6 is 0 Å². The summed E-state index contributed by atoms with van der Waals surface area (Å²) < 4.78 is 4.22. The number of benzene rings is 2. The summed E-state index contributed by atoms with van der Waals surface area (Å²) in [5, 5.41) is 17.6. The minimum absolute atomic E-state index is 0. The Morgan fingerprint density at radius 2 is 1.15 bits per heavy atom. The second-order valence-corrected chi connectivity index (χ2v) is 7.35. The number of hydrogen-bond donors (Lipinski definition) is 0. The van der Waals surface area contributed by atoms with Gasteiger partial charge in [0.25, 0.3) is 0 Å². The molecule has 0 atom stereocenters. The van der Waals surface area contributed by atoms with Crippen molar-refractivity contribution in [3.8, 4) is 0 Å². The van der Waals surface area contributed by atoms with Crippen molar-refractivity contribution in [3.05, 3.63) is 109 Å². The third-order valence-corrected chi connectivity index (χ3v) is 4.90. The van der Waals surface area contributed by atoms with Crippen LogP contribution in [0.5, 0.6) is 0 Å². The van der Waals surface area contributed by atoms with E-state index in [2.05, 4.69) is 42.6 Å². The summed E-state index contributed by atoms with van der Waals surface area (Å²) in [6, 6.07) is 30.4. The number of hydrogen-bond acceptors (Lipinski definition) is 4. The second-order valence-electron chi connectivity index (χ2n) is 7.35.